The molecule has 0 aliphatic carbocycles. The van der Waals surface area contributed by atoms with Crippen molar-refractivity contribution < 1.29 is 4.79 Å². The lowest BCUT2D eigenvalue weighted by Crippen LogP contribution is -2.35. The molecule has 7 heteroatoms. The average molecular weight is 338 g/mol. The Balaban J connectivity index is 1.73. The minimum atomic E-state index is -0.0828. The zero-order valence-corrected chi connectivity index (χ0v) is 12.7. The molecule has 0 radical (unpaired) electrons. The minimum absolute atomic E-state index is 0.0828. The van der Waals surface area contributed by atoms with Crippen molar-refractivity contribution in [1.82, 2.24) is 25.5 Å². The highest BCUT2D eigenvalue weighted by Gasteiger charge is 2.08. The number of aromatic nitrogens is 4. The summed E-state index contributed by atoms with van der Waals surface area (Å²) in [4.78, 5) is 11.7. The highest BCUT2D eigenvalue weighted by molar-refractivity contribution is 9.10. The number of benzene rings is 1. The summed E-state index contributed by atoms with van der Waals surface area (Å²) in [6.45, 7) is 2.14. The fourth-order valence-electron chi connectivity index (χ4n) is 1.83. The molecule has 0 aliphatic heterocycles. The van der Waals surface area contributed by atoms with Crippen molar-refractivity contribution in [3.05, 3.63) is 40.6 Å². The Bertz CT molecular complexity index is 540. The first kappa shape index (κ1) is 14.6. The molecule has 2 rings (SSSR count). The van der Waals surface area contributed by atoms with Crippen LogP contribution in [0, 0.1) is 0 Å². The molecule has 2 aromatic rings. The largest absolute Gasteiger partial charge is 0.352 e. The second-order valence-electron chi connectivity index (χ2n) is 4.64. The highest BCUT2D eigenvalue weighted by atomic mass is 79.9. The Hall–Kier alpha value is -1.76. The monoisotopic (exact) mass is 337 g/mol. The molecule has 0 saturated carbocycles. The minimum Gasteiger partial charge on any atom is -0.352 e. The molecule has 1 amide bonds. The Kier molecular flexibility index (Phi) is 5.23. The summed E-state index contributed by atoms with van der Waals surface area (Å²) < 4.78 is 2.47. The van der Waals surface area contributed by atoms with Crippen molar-refractivity contribution in [1.29, 1.82) is 0 Å². The number of amides is 1. The number of carbonyl (C=O) groups excluding carboxylic acids is 1. The van der Waals surface area contributed by atoms with Crippen LogP contribution in [0.3, 0.4) is 0 Å². The molecule has 1 aromatic heterocycles. The van der Waals surface area contributed by atoms with E-state index in [-0.39, 0.29) is 18.5 Å². The van der Waals surface area contributed by atoms with Gasteiger partial charge in [0.25, 0.3) is 0 Å². The van der Waals surface area contributed by atoms with E-state index in [1.165, 1.54) is 16.6 Å². The molecule has 20 heavy (non-hydrogen) atoms. The zero-order chi connectivity index (χ0) is 14.4. The van der Waals surface area contributed by atoms with Gasteiger partial charge in [0, 0.05) is 10.5 Å². The summed E-state index contributed by atoms with van der Waals surface area (Å²) in [5.74, 6) is -0.0828. The van der Waals surface area contributed by atoms with Crippen molar-refractivity contribution >= 4 is 21.8 Å². The van der Waals surface area contributed by atoms with Gasteiger partial charge < -0.3 is 5.32 Å². The molecular weight excluding hydrogens is 322 g/mol. The fraction of sp³-hybridized carbons (Fsp3) is 0.385. The first-order valence-corrected chi connectivity index (χ1v) is 7.17. The van der Waals surface area contributed by atoms with Crippen LogP contribution in [0.4, 0.5) is 0 Å². The number of aryl methyl sites for hydroxylation is 1. The third-order valence-corrected chi connectivity index (χ3v) is 3.41. The van der Waals surface area contributed by atoms with Crippen LogP contribution >= 0.6 is 15.9 Å². The van der Waals surface area contributed by atoms with Gasteiger partial charge in [-0.05, 0) is 47.9 Å². The van der Waals surface area contributed by atoms with E-state index in [2.05, 4.69) is 48.9 Å². The maximum Gasteiger partial charge on any atom is 0.242 e. The van der Waals surface area contributed by atoms with Crippen molar-refractivity contribution in [3.8, 4) is 0 Å². The van der Waals surface area contributed by atoms with Gasteiger partial charge in [0.1, 0.15) is 12.9 Å². The van der Waals surface area contributed by atoms with Crippen molar-refractivity contribution in [2.24, 2.45) is 0 Å². The second-order valence-corrected chi connectivity index (χ2v) is 5.56. The lowest BCUT2D eigenvalue weighted by atomic mass is 10.1. The van der Waals surface area contributed by atoms with Crippen LogP contribution in [0.25, 0.3) is 0 Å². The number of halogens is 1. The SMILES string of the molecule is C[C@H](CCc1ccc(Br)cc1)NC(=O)Cn1cnnn1. The third kappa shape index (κ3) is 4.73. The molecule has 0 fully saturated rings. The molecule has 1 heterocycles. The van der Waals surface area contributed by atoms with E-state index in [0.717, 1.165) is 17.3 Å². The summed E-state index contributed by atoms with van der Waals surface area (Å²) in [7, 11) is 0. The highest BCUT2D eigenvalue weighted by Crippen LogP contribution is 2.12. The van der Waals surface area contributed by atoms with E-state index in [9.17, 15) is 4.79 Å². The molecule has 0 saturated heterocycles. The molecule has 6 nitrogen and oxygen atoms in total. The number of tetrazole rings is 1. The maximum absolute atomic E-state index is 11.7. The van der Waals surface area contributed by atoms with Crippen LogP contribution < -0.4 is 5.32 Å². The molecule has 1 aromatic carbocycles. The van der Waals surface area contributed by atoms with Crippen molar-refractivity contribution in [2.75, 3.05) is 0 Å². The van der Waals surface area contributed by atoms with Crippen LogP contribution in [-0.4, -0.2) is 32.2 Å². The number of nitrogens with zero attached hydrogens (tertiary/aromatic N) is 4. The van der Waals surface area contributed by atoms with Gasteiger partial charge in [-0.25, -0.2) is 4.68 Å². The molecule has 0 spiro atoms. The zero-order valence-electron chi connectivity index (χ0n) is 11.2. The molecular formula is C13H16BrN5O. The number of nitrogens with one attached hydrogen (secondary N) is 1. The topological polar surface area (TPSA) is 72.7 Å². The Morgan fingerprint density at radius 2 is 2.15 bits per heavy atom. The Morgan fingerprint density at radius 3 is 2.80 bits per heavy atom. The van der Waals surface area contributed by atoms with Gasteiger partial charge in [-0.3, -0.25) is 4.79 Å². The summed E-state index contributed by atoms with van der Waals surface area (Å²) in [5, 5.41) is 13.6. The standard InChI is InChI=1S/C13H16BrN5O/c1-10(2-3-11-4-6-12(14)7-5-11)16-13(20)8-19-9-15-17-18-19/h4-7,9-10H,2-3,8H2,1H3,(H,16,20)/t10-/m1/s1. The summed E-state index contributed by atoms with van der Waals surface area (Å²) in [6, 6.07) is 8.33. The Morgan fingerprint density at radius 1 is 1.40 bits per heavy atom. The maximum atomic E-state index is 11.7. The number of hydrogen-bond acceptors (Lipinski definition) is 4. The predicted molar refractivity (Wildman–Crippen MR) is 77.9 cm³/mol. The van der Waals surface area contributed by atoms with Gasteiger partial charge in [0.15, 0.2) is 0 Å². The van der Waals surface area contributed by atoms with E-state index in [0.29, 0.717) is 0 Å². The van der Waals surface area contributed by atoms with Crippen LogP contribution in [0.15, 0.2) is 35.1 Å². The first-order chi connectivity index (χ1) is 9.63. The molecule has 0 unspecified atom stereocenters. The van der Waals surface area contributed by atoms with Gasteiger partial charge in [0.2, 0.25) is 5.91 Å². The van der Waals surface area contributed by atoms with Crippen molar-refractivity contribution in [3.63, 3.8) is 0 Å². The molecule has 0 bridgehead atoms. The van der Waals surface area contributed by atoms with Gasteiger partial charge in [-0.1, -0.05) is 28.1 Å². The van der Waals surface area contributed by atoms with E-state index >= 15 is 0 Å². The number of carbonyl (C=O) groups is 1. The summed E-state index contributed by atoms with van der Waals surface area (Å²) in [5.41, 5.74) is 1.26. The fourth-order valence-corrected chi connectivity index (χ4v) is 2.09. The summed E-state index contributed by atoms with van der Waals surface area (Å²) >= 11 is 3.41. The quantitative estimate of drug-likeness (QED) is 0.868. The number of rotatable bonds is 6. The first-order valence-electron chi connectivity index (χ1n) is 6.38. The lowest BCUT2D eigenvalue weighted by Gasteiger charge is -2.13. The molecule has 106 valence electrons. The molecule has 1 N–H and O–H groups in total. The van der Waals surface area contributed by atoms with Gasteiger partial charge in [-0.15, -0.1) is 5.10 Å². The van der Waals surface area contributed by atoms with Crippen molar-refractivity contribution in [2.45, 2.75) is 32.4 Å². The van der Waals surface area contributed by atoms with Crippen LogP contribution in [0.1, 0.15) is 18.9 Å². The Labute approximate surface area is 125 Å². The van der Waals surface area contributed by atoms with Gasteiger partial charge >= 0.3 is 0 Å². The second kappa shape index (κ2) is 7.14. The van der Waals surface area contributed by atoms with E-state index < -0.39 is 0 Å². The van der Waals surface area contributed by atoms with Crippen LogP contribution in [0.2, 0.25) is 0 Å². The van der Waals surface area contributed by atoms with E-state index in [1.54, 1.807) is 0 Å². The van der Waals surface area contributed by atoms with E-state index in [1.807, 2.05) is 19.1 Å². The molecule has 0 aliphatic rings. The molecule has 1 atom stereocenters. The summed E-state index contributed by atoms with van der Waals surface area (Å²) in [6.07, 6.45) is 3.24. The van der Waals surface area contributed by atoms with Gasteiger partial charge in [0.05, 0.1) is 0 Å². The third-order valence-electron chi connectivity index (χ3n) is 2.88. The number of hydrogen-bond donors (Lipinski definition) is 1. The van der Waals surface area contributed by atoms with E-state index in [4.69, 9.17) is 0 Å². The predicted octanol–water partition coefficient (Wildman–Crippen LogP) is 1.57. The lowest BCUT2D eigenvalue weighted by molar-refractivity contribution is -0.122. The van der Waals surface area contributed by atoms with Crippen LogP contribution in [0.5, 0.6) is 0 Å². The normalized spacial score (nSPS) is 12.1. The van der Waals surface area contributed by atoms with Crippen LogP contribution in [-0.2, 0) is 17.8 Å². The average Bonchev–Trinajstić information content (AvgIpc) is 2.90. The smallest absolute Gasteiger partial charge is 0.242 e. The van der Waals surface area contributed by atoms with Gasteiger partial charge in [-0.2, -0.15) is 0 Å².